The van der Waals surface area contributed by atoms with Crippen molar-refractivity contribution in [3.8, 4) is 11.5 Å². The van der Waals surface area contributed by atoms with Gasteiger partial charge in [0.2, 0.25) is 13.0 Å². The van der Waals surface area contributed by atoms with Crippen molar-refractivity contribution >= 4 is 5.97 Å². The minimum absolute atomic E-state index is 0.118. The lowest BCUT2D eigenvalue weighted by atomic mass is 10.0. The summed E-state index contributed by atoms with van der Waals surface area (Å²) in [6.07, 6.45) is -1.90. The van der Waals surface area contributed by atoms with Crippen molar-refractivity contribution in [1.29, 1.82) is 0 Å². The molecule has 0 amide bonds. The van der Waals surface area contributed by atoms with Gasteiger partial charge in [-0.2, -0.15) is 0 Å². The summed E-state index contributed by atoms with van der Waals surface area (Å²) >= 11 is 0. The summed E-state index contributed by atoms with van der Waals surface area (Å²) in [5, 5.41) is 0. The summed E-state index contributed by atoms with van der Waals surface area (Å²) in [7, 11) is 0. The Labute approximate surface area is 104 Å². The number of carbonyl (C=O) groups excluding carboxylic acids is 1. The maximum absolute atomic E-state index is 13.7. The van der Waals surface area contributed by atoms with E-state index < -0.39 is 18.2 Å². The van der Waals surface area contributed by atoms with E-state index in [0.29, 0.717) is 17.1 Å². The third-order valence-electron chi connectivity index (χ3n) is 2.61. The van der Waals surface area contributed by atoms with Crippen LogP contribution in [0.4, 0.5) is 4.39 Å². The Bertz CT molecular complexity index is 452. The average Bonchev–Trinajstić information content (AvgIpc) is 2.84. The van der Waals surface area contributed by atoms with Gasteiger partial charge in [0.05, 0.1) is 12.6 Å². The van der Waals surface area contributed by atoms with Crippen LogP contribution < -0.4 is 15.2 Å². The van der Waals surface area contributed by atoms with Crippen molar-refractivity contribution in [2.45, 2.75) is 19.1 Å². The minimum Gasteiger partial charge on any atom is -0.464 e. The molecule has 0 bridgehead atoms. The number of halogens is 1. The maximum Gasteiger partial charge on any atom is 0.342 e. The first-order valence-electron chi connectivity index (χ1n) is 5.59. The van der Waals surface area contributed by atoms with Crippen molar-refractivity contribution in [2.75, 3.05) is 13.4 Å². The van der Waals surface area contributed by atoms with E-state index in [1.54, 1.807) is 25.1 Å². The van der Waals surface area contributed by atoms with E-state index in [4.69, 9.17) is 15.2 Å². The monoisotopic (exact) mass is 255 g/mol. The maximum atomic E-state index is 13.7. The standard InChI is InChI=1S/C12H14FNO4/c1-2-16-12(15)10(13)11(14)7-3-4-8-9(5-7)18-6-17-8/h3-5,10-11H,2,6,14H2,1H3/t10?,11-/m1/s1. The molecule has 0 saturated carbocycles. The first kappa shape index (κ1) is 12.6. The quantitative estimate of drug-likeness (QED) is 0.821. The lowest BCUT2D eigenvalue weighted by Crippen LogP contribution is -2.31. The summed E-state index contributed by atoms with van der Waals surface area (Å²) in [6, 6.07) is 3.72. The second kappa shape index (κ2) is 5.22. The van der Waals surface area contributed by atoms with Crippen LogP contribution in [-0.4, -0.2) is 25.5 Å². The third kappa shape index (κ3) is 2.38. The van der Waals surface area contributed by atoms with Gasteiger partial charge in [-0.05, 0) is 24.6 Å². The van der Waals surface area contributed by atoms with Crippen molar-refractivity contribution in [2.24, 2.45) is 5.73 Å². The van der Waals surface area contributed by atoms with E-state index in [2.05, 4.69) is 4.74 Å². The van der Waals surface area contributed by atoms with E-state index in [1.165, 1.54) is 0 Å². The molecule has 2 N–H and O–H groups in total. The number of carbonyl (C=O) groups is 1. The van der Waals surface area contributed by atoms with Crippen LogP contribution in [0.3, 0.4) is 0 Å². The second-order valence-electron chi connectivity index (χ2n) is 3.79. The fraction of sp³-hybridized carbons (Fsp3) is 0.417. The van der Waals surface area contributed by atoms with Crippen LogP contribution in [0.2, 0.25) is 0 Å². The Morgan fingerprint density at radius 3 is 2.94 bits per heavy atom. The molecule has 2 atom stereocenters. The molecular formula is C12H14FNO4. The largest absolute Gasteiger partial charge is 0.464 e. The highest BCUT2D eigenvalue weighted by atomic mass is 19.1. The molecule has 5 nitrogen and oxygen atoms in total. The number of hydrogen-bond acceptors (Lipinski definition) is 5. The molecule has 98 valence electrons. The molecule has 6 heteroatoms. The molecule has 0 aromatic heterocycles. The fourth-order valence-electron chi connectivity index (χ4n) is 1.66. The Hall–Kier alpha value is -1.82. The topological polar surface area (TPSA) is 70.8 Å². The van der Waals surface area contributed by atoms with E-state index >= 15 is 0 Å². The number of hydrogen-bond donors (Lipinski definition) is 1. The molecule has 0 radical (unpaired) electrons. The van der Waals surface area contributed by atoms with Crippen LogP contribution in [-0.2, 0) is 9.53 Å². The number of esters is 1. The highest BCUT2D eigenvalue weighted by Crippen LogP contribution is 2.34. The van der Waals surface area contributed by atoms with Crippen LogP contribution in [0.5, 0.6) is 11.5 Å². The Kier molecular flexibility index (Phi) is 3.66. The van der Waals surface area contributed by atoms with E-state index in [9.17, 15) is 9.18 Å². The number of benzene rings is 1. The predicted octanol–water partition coefficient (Wildman–Crippen LogP) is 1.32. The summed E-state index contributed by atoms with van der Waals surface area (Å²) in [6.45, 7) is 1.86. The summed E-state index contributed by atoms with van der Waals surface area (Å²) in [4.78, 5) is 11.3. The lowest BCUT2D eigenvalue weighted by Gasteiger charge is -2.16. The van der Waals surface area contributed by atoms with Crippen molar-refractivity contribution in [3.63, 3.8) is 0 Å². The molecule has 0 aliphatic carbocycles. The highest BCUT2D eigenvalue weighted by Gasteiger charge is 2.29. The van der Waals surface area contributed by atoms with Gasteiger partial charge in [0.1, 0.15) is 0 Å². The van der Waals surface area contributed by atoms with Crippen LogP contribution in [0.15, 0.2) is 18.2 Å². The smallest absolute Gasteiger partial charge is 0.342 e. The van der Waals surface area contributed by atoms with Gasteiger partial charge in [-0.3, -0.25) is 0 Å². The zero-order valence-corrected chi connectivity index (χ0v) is 9.89. The predicted molar refractivity (Wildman–Crippen MR) is 61.0 cm³/mol. The molecule has 18 heavy (non-hydrogen) atoms. The zero-order chi connectivity index (χ0) is 13.1. The van der Waals surface area contributed by atoms with E-state index in [-0.39, 0.29) is 13.4 Å². The normalized spacial score (nSPS) is 16.2. The van der Waals surface area contributed by atoms with Crippen LogP contribution in [0, 0.1) is 0 Å². The molecule has 1 aliphatic rings. The van der Waals surface area contributed by atoms with Crippen molar-refractivity contribution in [1.82, 2.24) is 0 Å². The minimum atomic E-state index is -1.90. The van der Waals surface area contributed by atoms with Gasteiger partial charge in [0.25, 0.3) is 0 Å². The Balaban J connectivity index is 2.13. The molecule has 0 spiro atoms. The molecule has 1 aromatic rings. The van der Waals surface area contributed by atoms with Crippen LogP contribution in [0.25, 0.3) is 0 Å². The third-order valence-corrected chi connectivity index (χ3v) is 2.61. The SMILES string of the molecule is CCOC(=O)C(F)[C@H](N)c1ccc2c(c1)OCO2. The molecule has 0 fully saturated rings. The van der Waals surface area contributed by atoms with Crippen molar-refractivity contribution < 1.29 is 23.4 Å². The number of nitrogens with two attached hydrogens (primary N) is 1. The fourth-order valence-corrected chi connectivity index (χ4v) is 1.66. The average molecular weight is 255 g/mol. The Morgan fingerprint density at radius 1 is 1.50 bits per heavy atom. The Morgan fingerprint density at radius 2 is 2.22 bits per heavy atom. The molecule has 0 saturated heterocycles. The molecular weight excluding hydrogens is 241 g/mol. The number of alkyl halides is 1. The lowest BCUT2D eigenvalue weighted by molar-refractivity contribution is -0.149. The number of rotatable bonds is 4. The van der Waals surface area contributed by atoms with Gasteiger partial charge in [0.15, 0.2) is 11.5 Å². The number of fused-ring (bicyclic) bond motifs is 1. The van der Waals surface area contributed by atoms with Gasteiger partial charge >= 0.3 is 5.97 Å². The van der Waals surface area contributed by atoms with Gasteiger partial charge in [-0.15, -0.1) is 0 Å². The van der Waals surface area contributed by atoms with Crippen LogP contribution >= 0.6 is 0 Å². The van der Waals surface area contributed by atoms with Gasteiger partial charge in [-0.25, -0.2) is 9.18 Å². The first-order chi connectivity index (χ1) is 8.63. The van der Waals surface area contributed by atoms with E-state index in [0.717, 1.165) is 0 Å². The molecule has 1 unspecified atom stereocenters. The summed E-state index contributed by atoms with van der Waals surface area (Å²) < 4.78 is 28.6. The summed E-state index contributed by atoms with van der Waals surface area (Å²) in [5.41, 5.74) is 6.15. The molecule has 1 heterocycles. The zero-order valence-electron chi connectivity index (χ0n) is 9.89. The van der Waals surface area contributed by atoms with Gasteiger partial charge in [-0.1, -0.05) is 6.07 Å². The first-order valence-corrected chi connectivity index (χ1v) is 5.59. The van der Waals surface area contributed by atoms with E-state index in [1.807, 2.05) is 0 Å². The second-order valence-corrected chi connectivity index (χ2v) is 3.79. The van der Waals surface area contributed by atoms with Gasteiger partial charge in [0, 0.05) is 0 Å². The molecule has 1 aromatic carbocycles. The van der Waals surface area contributed by atoms with Gasteiger partial charge < -0.3 is 19.9 Å². The van der Waals surface area contributed by atoms with Crippen LogP contribution in [0.1, 0.15) is 18.5 Å². The number of ether oxygens (including phenoxy) is 3. The molecule has 1 aliphatic heterocycles. The highest BCUT2D eigenvalue weighted by molar-refractivity contribution is 5.75. The van der Waals surface area contributed by atoms with Crippen molar-refractivity contribution in [3.05, 3.63) is 23.8 Å². The molecule has 2 rings (SSSR count). The summed E-state index contributed by atoms with van der Waals surface area (Å²) in [5.74, 6) is 0.124.